The van der Waals surface area contributed by atoms with E-state index in [0.29, 0.717) is 11.8 Å². The Balaban J connectivity index is 1.74. The van der Waals surface area contributed by atoms with E-state index in [0.717, 1.165) is 12.2 Å². The summed E-state index contributed by atoms with van der Waals surface area (Å²) in [5, 5.41) is 6.47. The first-order chi connectivity index (χ1) is 13.2. The molecule has 1 N–H and O–H groups in total. The highest BCUT2D eigenvalue weighted by atomic mass is 16.5. The third kappa shape index (κ3) is 2.47. The number of nitrogens with one attached hydrogen (secondary N) is 1. The lowest BCUT2D eigenvalue weighted by atomic mass is 9.74. The first-order valence-corrected chi connectivity index (χ1v) is 9.77. The smallest absolute Gasteiger partial charge is 0.124 e. The average molecular weight is 355 g/mol. The number of allylic oxidation sites excluding steroid dienone is 2. The molecule has 2 heteroatoms. The van der Waals surface area contributed by atoms with Gasteiger partial charge in [0, 0.05) is 17.2 Å². The number of benzene rings is 3. The van der Waals surface area contributed by atoms with Crippen LogP contribution >= 0.6 is 0 Å². The fourth-order valence-corrected chi connectivity index (χ4v) is 5.20. The second-order valence-electron chi connectivity index (χ2n) is 7.92. The van der Waals surface area contributed by atoms with Crippen LogP contribution in [-0.2, 0) is 0 Å². The molecule has 136 valence electrons. The number of rotatable bonds is 2. The molecule has 0 radical (unpaired) electrons. The van der Waals surface area contributed by atoms with Crippen molar-refractivity contribution >= 4 is 16.5 Å². The predicted molar refractivity (Wildman–Crippen MR) is 113 cm³/mol. The minimum atomic E-state index is 0.236. The molecule has 1 aliphatic carbocycles. The number of aryl methyl sites for hydroxylation is 2. The number of fused-ring (bicyclic) bond motifs is 4. The molecule has 0 fully saturated rings. The predicted octanol–water partition coefficient (Wildman–Crippen LogP) is 6.29. The van der Waals surface area contributed by atoms with Crippen LogP contribution in [0.2, 0.25) is 0 Å². The topological polar surface area (TPSA) is 21.3 Å². The molecule has 3 unspecified atom stereocenters. The van der Waals surface area contributed by atoms with Crippen molar-refractivity contribution in [3.63, 3.8) is 0 Å². The number of methoxy groups -OCH3 is 1. The van der Waals surface area contributed by atoms with Crippen molar-refractivity contribution in [3.8, 4) is 5.75 Å². The highest BCUT2D eigenvalue weighted by Crippen LogP contribution is 2.53. The Morgan fingerprint density at radius 1 is 1.00 bits per heavy atom. The second kappa shape index (κ2) is 6.16. The minimum absolute atomic E-state index is 0.236. The fourth-order valence-electron chi connectivity index (χ4n) is 5.20. The van der Waals surface area contributed by atoms with Crippen LogP contribution in [0.15, 0.2) is 60.7 Å². The largest absolute Gasteiger partial charge is 0.496 e. The Kier molecular flexibility index (Phi) is 3.75. The SMILES string of the molecule is COc1ccc2ccccc2c1C1Nc2cc(C)cc(C)c2C2C=CCC21. The quantitative estimate of drug-likeness (QED) is 0.545. The second-order valence-corrected chi connectivity index (χ2v) is 7.92. The van der Waals surface area contributed by atoms with Gasteiger partial charge in [-0.25, -0.2) is 0 Å². The molecule has 0 amide bonds. The third-order valence-corrected chi connectivity index (χ3v) is 6.28. The van der Waals surface area contributed by atoms with Crippen LogP contribution in [-0.4, -0.2) is 7.11 Å². The van der Waals surface area contributed by atoms with Gasteiger partial charge >= 0.3 is 0 Å². The molecule has 1 heterocycles. The lowest BCUT2D eigenvalue weighted by Gasteiger charge is -2.39. The van der Waals surface area contributed by atoms with E-state index in [4.69, 9.17) is 4.74 Å². The van der Waals surface area contributed by atoms with Gasteiger partial charge in [-0.2, -0.15) is 0 Å². The van der Waals surface area contributed by atoms with Crippen LogP contribution in [0, 0.1) is 19.8 Å². The first-order valence-electron chi connectivity index (χ1n) is 9.77. The Morgan fingerprint density at radius 3 is 2.70 bits per heavy atom. The molecule has 0 bridgehead atoms. The molecular weight excluding hydrogens is 330 g/mol. The molecular formula is C25H25NO. The van der Waals surface area contributed by atoms with Crippen LogP contribution in [0.4, 0.5) is 5.69 Å². The zero-order valence-electron chi connectivity index (χ0n) is 16.1. The van der Waals surface area contributed by atoms with E-state index in [-0.39, 0.29) is 6.04 Å². The highest BCUT2D eigenvalue weighted by Gasteiger charge is 2.40. The Hall–Kier alpha value is -2.74. The van der Waals surface area contributed by atoms with E-state index in [9.17, 15) is 0 Å². The van der Waals surface area contributed by atoms with Crippen LogP contribution in [0.3, 0.4) is 0 Å². The molecule has 0 saturated carbocycles. The zero-order valence-corrected chi connectivity index (χ0v) is 16.1. The summed E-state index contributed by atoms with van der Waals surface area (Å²) in [6.07, 6.45) is 5.87. The highest BCUT2D eigenvalue weighted by molar-refractivity contribution is 5.89. The molecule has 0 spiro atoms. The summed E-state index contributed by atoms with van der Waals surface area (Å²) < 4.78 is 5.83. The number of ether oxygens (including phenoxy) is 1. The van der Waals surface area contributed by atoms with Crippen molar-refractivity contribution in [2.75, 3.05) is 12.4 Å². The summed E-state index contributed by atoms with van der Waals surface area (Å²) in [6, 6.07) is 17.8. The number of hydrogen-bond acceptors (Lipinski definition) is 2. The molecule has 3 aromatic rings. The lowest BCUT2D eigenvalue weighted by molar-refractivity contribution is 0.383. The Labute approximate surface area is 160 Å². The van der Waals surface area contributed by atoms with Gasteiger partial charge in [-0.15, -0.1) is 0 Å². The summed E-state index contributed by atoms with van der Waals surface area (Å²) in [6.45, 7) is 4.43. The number of anilines is 1. The molecule has 27 heavy (non-hydrogen) atoms. The van der Waals surface area contributed by atoms with Crippen molar-refractivity contribution in [3.05, 3.63) is 82.9 Å². The fraction of sp³-hybridized carbons (Fsp3) is 0.280. The minimum Gasteiger partial charge on any atom is -0.496 e. The monoisotopic (exact) mass is 355 g/mol. The Bertz CT molecular complexity index is 1070. The van der Waals surface area contributed by atoms with Gasteiger partial charge in [0.25, 0.3) is 0 Å². The van der Waals surface area contributed by atoms with E-state index in [1.54, 1.807) is 7.11 Å². The van der Waals surface area contributed by atoms with Gasteiger partial charge in [0.1, 0.15) is 5.75 Å². The Morgan fingerprint density at radius 2 is 1.85 bits per heavy atom. The number of hydrogen-bond donors (Lipinski definition) is 1. The maximum atomic E-state index is 5.83. The van der Waals surface area contributed by atoms with Crippen molar-refractivity contribution < 1.29 is 4.74 Å². The van der Waals surface area contributed by atoms with E-state index in [2.05, 4.69) is 79.8 Å². The standard InChI is InChI=1S/C25H25NO/c1-15-13-16(2)23-19-9-6-10-20(19)25(26-21(23)14-15)24-18-8-5-4-7-17(18)11-12-22(24)27-3/h4-9,11-14,19-20,25-26H,10H2,1-3H3. The van der Waals surface area contributed by atoms with Crippen LogP contribution in [0.1, 0.15) is 40.6 Å². The first kappa shape index (κ1) is 16.4. The summed E-state index contributed by atoms with van der Waals surface area (Å²) in [7, 11) is 1.78. The van der Waals surface area contributed by atoms with Crippen molar-refractivity contribution in [2.45, 2.75) is 32.2 Å². The molecule has 0 aromatic heterocycles. The van der Waals surface area contributed by atoms with E-state index in [1.807, 2.05) is 0 Å². The van der Waals surface area contributed by atoms with Crippen LogP contribution < -0.4 is 10.1 Å². The molecule has 2 nitrogen and oxygen atoms in total. The molecule has 3 aromatic carbocycles. The zero-order chi connectivity index (χ0) is 18.5. The molecule has 0 saturated heterocycles. The van der Waals surface area contributed by atoms with Crippen molar-refractivity contribution in [2.24, 2.45) is 5.92 Å². The van der Waals surface area contributed by atoms with E-state index in [1.165, 1.54) is 38.7 Å². The van der Waals surface area contributed by atoms with Gasteiger partial charge in [-0.3, -0.25) is 0 Å². The maximum absolute atomic E-state index is 5.83. The normalized spacial score (nSPS) is 23.0. The van der Waals surface area contributed by atoms with Crippen molar-refractivity contribution in [1.29, 1.82) is 0 Å². The average Bonchev–Trinajstić information content (AvgIpc) is 3.15. The van der Waals surface area contributed by atoms with Crippen molar-refractivity contribution in [1.82, 2.24) is 0 Å². The van der Waals surface area contributed by atoms with E-state index < -0.39 is 0 Å². The molecule has 1 aliphatic heterocycles. The van der Waals surface area contributed by atoms with Gasteiger partial charge in [0.05, 0.1) is 13.2 Å². The summed E-state index contributed by atoms with van der Waals surface area (Å²) in [5.41, 5.74) is 6.74. The maximum Gasteiger partial charge on any atom is 0.124 e. The van der Waals surface area contributed by atoms with Gasteiger partial charge in [0.2, 0.25) is 0 Å². The van der Waals surface area contributed by atoms with Gasteiger partial charge in [-0.05, 0) is 65.8 Å². The molecule has 3 atom stereocenters. The van der Waals surface area contributed by atoms with E-state index >= 15 is 0 Å². The summed E-state index contributed by atoms with van der Waals surface area (Å²) in [5.74, 6) is 1.96. The third-order valence-electron chi connectivity index (χ3n) is 6.28. The molecule has 2 aliphatic rings. The van der Waals surface area contributed by atoms with Gasteiger partial charge in [-0.1, -0.05) is 48.6 Å². The van der Waals surface area contributed by atoms with Gasteiger partial charge < -0.3 is 10.1 Å². The summed E-state index contributed by atoms with van der Waals surface area (Å²) in [4.78, 5) is 0. The van der Waals surface area contributed by atoms with Gasteiger partial charge in [0.15, 0.2) is 0 Å². The van der Waals surface area contributed by atoms with Crippen LogP contribution in [0.5, 0.6) is 5.75 Å². The lowest BCUT2D eigenvalue weighted by Crippen LogP contribution is -2.30. The van der Waals surface area contributed by atoms with Crippen LogP contribution in [0.25, 0.3) is 10.8 Å². The molecule has 5 rings (SSSR count). The summed E-state index contributed by atoms with van der Waals surface area (Å²) >= 11 is 0.